The second-order valence-corrected chi connectivity index (χ2v) is 4.26. The maximum absolute atomic E-state index is 5.36. The lowest BCUT2D eigenvalue weighted by Crippen LogP contribution is -2.02. The van der Waals surface area contributed by atoms with Gasteiger partial charge >= 0.3 is 0 Å². The maximum Gasteiger partial charge on any atom is 0.121 e. The van der Waals surface area contributed by atoms with Gasteiger partial charge in [-0.05, 0) is 12.1 Å². The molecule has 8 N–H and O–H groups in total. The van der Waals surface area contributed by atoms with E-state index >= 15 is 0 Å². The molecule has 0 radical (unpaired) electrons. The number of furan rings is 2. The molecule has 0 aromatic carbocycles. The van der Waals surface area contributed by atoms with Crippen LogP contribution in [0.4, 0.5) is 0 Å². The number of hydrogen-bond acceptors (Lipinski definition) is 6. The molecule has 2 rings (SSSR count). The Morgan fingerprint density at radius 1 is 0.714 bits per heavy atom. The summed E-state index contributed by atoms with van der Waals surface area (Å²) in [6.45, 7) is 6.12. The zero-order chi connectivity index (χ0) is 16.1. The van der Waals surface area contributed by atoms with Crippen molar-refractivity contribution in [2.45, 2.75) is 46.4 Å². The Morgan fingerprint density at radius 2 is 1.05 bits per heavy atom. The van der Waals surface area contributed by atoms with Gasteiger partial charge in [0, 0.05) is 24.2 Å². The quantitative estimate of drug-likeness (QED) is 0.680. The summed E-state index contributed by atoms with van der Waals surface area (Å²) >= 11 is 0. The van der Waals surface area contributed by atoms with E-state index in [2.05, 4.69) is 13.8 Å². The molecule has 0 aliphatic rings. The Bertz CT molecular complexity index is 386. The zero-order valence-corrected chi connectivity index (χ0v) is 13.0. The molecule has 0 fully saturated rings. The van der Waals surface area contributed by atoms with Crippen LogP contribution in [0.15, 0.2) is 33.5 Å². The fourth-order valence-electron chi connectivity index (χ4n) is 1.46. The first-order chi connectivity index (χ1) is 10.2. The second kappa shape index (κ2) is 12.2. The minimum Gasteiger partial charge on any atom is -0.468 e. The first-order valence-corrected chi connectivity index (χ1v) is 7.09. The molecule has 0 bridgehead atoms. The van der Waals surface area contributed by atoms with E-state index in [4.69, 9.17) is 31.8 Å². The fraction of sp³-hybridized carbons (Fsp3) is 0.467. The highest BCUT2D eigenvalue weighted by atomic mass is 16.3. The van der Waals surface area contributed by atoms with Crippen molar-refractivity contribution >= 4 is 0 Å². The van der Waals surface area contributed by atoms with Crippen molar-refractivity contribution in [1.82, 2.24) is 0 Å². The van der Waals surface area contributed by atoms with Gasteiger partial charge in [-0.3, -0.25) is 0 Å². The van der Waals surface area contributed by atoms with Gasteiger partial charge < -0.3 is 31.8 Å². The highest BCUT2D eigenvalue weighted by Crippen LogP contribution is 2.08. The van der Waals surface area contributed by atoms with Gasteiger partial charge in [-0.15, -0.1) is 0 Å². The SMILES string of the molecule is CCC.NCc1ccoc1CN.NCc1ccoc1CN. The molecule has 0 unspecified atom stereocenters. The average molecular weight is 296 g/mol. The third-order valence-electron chi connectivity index (χ3n) is 2.49. The summed E-state index contributed by atoms with van der Waals surface area (Å²) in [7, 11) is 0. The van der Waals surface area contributed by atoms with Gasteiger partial charge in [0.05, 0.1) is 25.6 Å². The predicted molar refractivity (Wildman–Crippen MR) is 84.9 cm³/mol. The predicted octanol–water partition coefficient (Wildman–Crippen LogP) is 1.81. The van der Waals surface area contributed by atoms with E-state index in [1.165, 1.54) is 6.42 Å². The summed E-state index contributed by atoms with van der Waals surface area (Å²) in [5, 5.41) is 0. The minimum absolute atomic E-state index is 0.430. The van der Waals surface area contributed by atoms with E-state index in [1.54, 1.807) is 12.5 Å². The molecule has 2 heterocycles. The summed E-state index contributed by atoms with van der Waals surface area (Å²) < 4.78 is 10.00. The summed E-state index contributed by atoms with van der Waals surface area (Å²) in [5.74, 6) is 1.58. The van der Waals surface area contributed by atoms with Crippen LogP contribution in [0.2, 0.25) is 0 Å². The van der Waals surface area contributed by atoms with E-state index in [0.29, 0.717) is 26.2 Å². The van der Waals surface area contributed by atoms with Gasteiger partial charge in [-0.25, -0.2) is 0 Å². The lowest BCUT2D eigenvalue weighted by molar-refractivity contribution is 0.507. The molecule has 2 aromatic rings. The molecule has 6 nitrogen and oxygen atoms in total. The van der Waals surface area contributed by atoms with Crippen LogP contribution >= 0.6 is 0 Å². The molecule has 0 spiro atoms. The molecule has 6 heteroatoms. The lowest BCUT2D eigenvalue weighted by Gasteiger charge is -1.92. The fourth-order valence-corrected chi connectivity index (χ4v) is 1.46. The molecule has 0 aliphatic carbocycles. The summed E-state index contributed by atoms with van der Waals surface area (Å²) in [4.78, 5) is 0. The van der Waals surface area contributed by atoms with Crippen molar-refractivity contribution in [1.29, 1.82) is 0 Å². The van der Waals surface area contributed by atoms with Crippen LogP contribution in [0, 0.1) is 0 Å². The molecule has 0 atom stereocenters. The Hall–Kier alpha value is -1.60. The molecule has 0 aliphatic heterocycles. The van der Waals surface area contributed by atoms with Crippen molar-refractivity contribution in [3.8, 4) is 0 Å². The standard InChI is InChI=1S/2C6H10N2O.C3H8/c2*7-3-5-1-2-9-6(5)4-8;1-3-2/h2*1-2H,3-4,7-8H2;3H2,1-2H3. The second-order valence-electron chi connectivity index (χ2n) is 4.26. The van der Waals surface area contributed by atoms with Crippen LogP contribution in [-0.2, 0) is 26.2 Å². The van der Waals surface area contributed by atoms with Crippen LogP contribution < -0.4 is 22.9 Å². The molecular formula is C15H28N4O2. The smallest absolute Gasteiger partial charge is 0.121 e. The average Bonchev–Trinajstić information content (AvgIpc) is 3.16. The Balaban J connectivity index is 0.000000322. The van der Waals surface area contributed by atoms with Gasteiger partial charge in [0.25, 0.3) is 0 Å². The Morgan fingerprint density at radius 3 is 1.24 bits per heavy atom. The lowest BCUT2D eigenvalue weighted by atomic mass is 10.2. The van der Waals surface area contributed by atoms with Crippen LogP contribution in [0.3, 0.4) is 0 Å². The van der Waals surface area contributed by atoms with Crippen molar-refractivity contribution in [3.63, 3.8) is 0 Å². The minimum atomic E-state index is 0.430. The number of rotatable bonds is 4. The molecule has 0 saturated heterocycles. The number of nitrogens with two attached hydrogens (primary N) is 4. The monoisotopic (exact) mass is 296 g/mol. The van der Waals surface area contributed by atoms with Crippen molar-refractivity contribution in [2.24, 2.45) is 22.9 Å². The Kier molecular flexibility index (Phi) is 11.2. The van der Waals surface area contributed by atoms with E-state index in [0.717, 1.165) is 22.6 Å². The molecule has 120 valence electrons. The summed E-state index contributed by atoms with van der Waals surface area (Å²) in [5.41, 5.74) is 23.3. The maximum atomic E-state index is 5.36. The van der Waals surface area contributed by atoms with Gasteiger partial charge in [0.15, 0.2) is 0 Å². The van der Waals surface area contributed by atoms with E-state index in [1.807, 2.05) is 12.1 Å². The van der Waals surface area contributed by atoms with Crippen LogP contribution in [0.25, 0.3) is 0 Å². The van der Waals surface area contributed by atoms with Crippen LogP contribution in [0.5, 0.6) is 0 Å². The summed E-state index contributed by atoms with van der Waals surface area (Å²) in [6.07, 6.45) is 4.45. The molecule has 2 aromatic heterocycles. The molecular weight excluding hydrogens is 268 g/mol. The van der Waals surface area contributed by atoms with E-state index < -0.39 is 0 Å². The molecule has 0 amide bonds. The van der Waals surface area contributed by atoms with Crippen LogP contribution in [0.1, 0.15) is 42.9 Å². The largest absolute Gasteiger partial charge is 0.468 e. The van der Waals surface area contributed by atoms with Gasteiger partial charge in [-0.1, -0.05) is 20.3 Å². The van der Waals surface area contributed by atoms with Crippen LogP contribution in [-0.4, -0.2) is 0 Å². The highest BCUT2D eigenvalue weighted by Gasteiger charge is 2.00. The first-order valence-electron chi connectivity index (χ1n) is 7.09. The van der Waals surface area contributed by atoms with Gasteiger partial charge in [0.1, 0.15) is 11.5 Å². The highest BCUT2D eigenvalue weighted by molar-refractivity contribution is 5.16. The van der Waals surface area contributed by atoms with Crippen molar-refractivity contribution < 1.29 is 8.83 Å². The number of hydrogen-bond donors (Lipinski definition) is 4. The molecule has 21 heavy (non-hydrogen) atoms. The third kappa shape index (κ3) is 7.10. The molecule has 0 saturated carbocycles. The van der Waals surface area contributed by atoms with Gasteiger partial charge in [-0.2, -0.15) is 0 Å². The first kappa shape index (κ1) is 19.4. The van der Waals surface area contributed by atoms with Gasteiger partial charge in [0.2, 0.25) is 0 Å². The summed E-state index contributed by atoms with van der Waals surface area (Å²) in [6, 6.07) is 3.67. The topological polar surface area (TPSA) is 130 Å². The third-order valence-corrected chi connectivity index (χ3v) is 2.49. The van der Waals surface area contributed by atoms with Crippen molar-refractivity contribution in [2.75, 3.05) is 0 Å². The van der Waals surface area contributed by atoms with E-state index in [9.17, 15) is 0 Å². The van der Waals surface area contributed by atoms with Crippen molar-refractivity contribution in [3.05, 3.63) is 47.3 Å². The Labute approximate surface area is 126 Å². The normalized spacial score (nSPS) is 9.43. The zero-order valence-electron chi connectivity index (χ0n) is 13.0. The van der Waals surface area contributed by atoms with E-state index in [-0.39, 0.29) is 0 Å².